The number of benzene rings is 2. The molecule has 4 heteroatoms. The average Bonchev–Trinajstić information content (AvgIpc) is 2.63. The number of ether oxygens (including phenoxy) is 1. The largest absolute Gasteiger partial charge is 0.497 e. The fraction of sp³-hybridized carbons (Fsp3) is 0.286. The van der Waals surface area contributed by atoms with Crippen LogP contribution in [0.1, 0.15) is 22.3 Å². The topological polar surface area (TPSA) is 54.1 Å². The van der Waals surface area contributed by atoms with Crippen LogP contribution >= 0.6 is 0 Å². The predicted molar refractivity (Wildman–Crippen MR) is 102 cm³/mol. The van der Waals surface area contributed by atoms with Gasteiger partial charge >= 0.3 is 0 Å². The van der Waals surface area contributed by atoms with Crippen LogP contribution in [-0.2, 0) is 13.0 Å². The second-order valence-electron chi connectivity index (χ2n) is 6.37. The van der Waals surface area contributed by atoms with E-state index in [0.717, 1.165) is 40.7 Å². The quantitative estimate of drug-likeness (QED) is 0.678. The lowest BCUT2D eigenvalue weighted by atomic mass is 10.0. The Labute approximate surface area is 147 Å². The lowest BCUT2D eigenvalue weighted by molar-refractivity contribution is 0.414. The Morgan fingerprint density at radius 1 is 1.08 bits per heavy atom. The molecule has 3 aromatic rings. The van der Waals surface area contributed by atoms with Crippen LogP contribution in [0, 0.1) is 13.8 Å². The molecule has 0 amide bonds. The van der Waals surface area contributed by atoms with Gasteiger partial charge in [-0.1, -0.05) is 24.3 Å². The molecule has 0 fully saturated rings. The van der Waals surface area contributed by atoms with E-state index in [1.165, 1.54) is 11.1 Å². The smallest absolute Gasteiger partial charge is 0.252 e. The third-order valence-corrected chi connectivity index (χ3v) is 4.69. The molecule has 0 aliphatic carbocycles. The number of hydrogen-bond donors (Lipinski definition) is 2. The first-order valence-corrected chi connectivity index (χ1v) is 8.54. The van der Waals surface area contributed by atoms with Gasteiger partial charge < -0.3 is 15.0 Å². The molecular weight excluding hydrogens is 312 g/mol. The van der Waals surface area contributed by atoms with Gasteiger partial charge in [-0.05, 0) is 67.1 Å². The van der Waals surface area contributed by atoms with Gasteiger partial charge in [-0.2, -0.15) is 0 Å². The second-order valence-corrected chi connectivity index (χ2v) is 6.37. The van der Waals surface area contributed by atoms with Gasteiger partial charge in [0.15, 0.2) is 0 Å². The summed E-state index contributed by atoms with van der Waals surface area (Å²) in [5.74, 6) is 0.866. The summed E-state index contributed by atoms with van der Waals surface area (Å²) in [5.41, 5.74) is 5.25. The molecule has 130 valence electrons. The van der Waals surface area contributed by atoms with Crippen molar-refractivity contribution in [2.24, 2.45) is 0 Å². The molecule has 3 rings (SSSR count). The van der Waals surface area contributed by atoms with Gasteiger partial charge in [-0.3, -0.25) is 4.79 Å². The molecule has 0 unspecified atom stereocenters. The van der Waals surface area contributed by atoms with E-state index in [9.17, 15) is 4.79 Å². The van der Waals surface area contributed by atoms with Gasteiger partial charge in [0.05, 0.1) is 12.6 Å². The van der Waals surface area contributed by atoms with E-state index < -0.39 is 0 Å². The van der Waals surface area contributed by atoms with Crippen molar-refractivity contribution in [1.82, 2.24) is 10.3 Å². The van der Waals surface area contributed by atoms with Crippen molar-refractivity contribution in [3.8, 4) is 5.75 Å². The summed E-state index contributed by atoms with van der Waals surface area (Å²) in [4.78, 5) is 15.4. The van der Waals surface area contributed by atoms with Gasteiger partial charge in [-0.25, -0.2) is 0 Å². The van der Waals surface area contributed by atoms with E-state index >= 15 is 0 Å². The number of rotatable bonds is 6. The highest BCUT2D eigenvalue weighted by Gasteiger charge is 2.06. The molecule has 2 N–H and O–H groups in total. The third kappa shape index (κ3) is 3.91. The van der Waals surface area contributed by atoms with Crippen molar-refractivity contribution >= 4 is 10.9 Å². The van der Waals surface area contributed by atoms with Crippen molar-refractivity contribution < 1.29 is 4.74 Å². The highest BCUT2D eigenvalue weighted by molar-refractivity contribution is 5.83. The molecule has 0 aliphatic rings. The van der Waals surface area contributed by atoms with E-state index in [2.05, 4.69) is 41.5 Å². The number of nitrogens with one attached hydrogen (secondary N) is 2. The van der Waals surface area contributed by atoms with Crippen molar-refractivity contribution in [3.05, 3.63) is 75.1 Å². The number of aryl methyl sites for hydroxylation is 2. The number of hydrogen-bond acceptors (Lipinski definition) is 3. The zero-order chi connectivity index (χ0) is 17.8. The summed E-state index contributed by atoms with van der Waals surface area (Å²) in [5, 5.41) is 4.44. The predicted octanol–water partition coefficient (Wildman–Crippen LogP) is 3.49. The van der Waals surface area contributed by atoms with Crippen LogP contribution in [-0.4, -0.2) is 18.6 Å². The molecule has 0 radical (unpaired) electrons. The van der Waals surface area contributed by atoms with Crippen molar-refractivity contribution in [2.75, 3.05) is 13.7 Å². The molecule has 2 aromatic carbocycles. The van der Waals surface area contributed by atoms with E-state index in [-0.39, 0.29) is 5.56 Å². The molecule has 0 bridgehead atoms. The normalized spacial score (nSPS) is 11.0. The van der Waals surface area contributed by atoms with Gasteiger partial charge in [0, 0.05) is 12.1 Å². The van der Waals surface area contributed by atoms with Crippen molar-refractivity contribution in [2.45, 2.75) is 26.8 Å². The highest BCUT2D eigenvalue weighted by atomic mass is 16.5. The lowest BCUT2D eigenvalue weighted by Gasteiger charge is -2.09. The Morgan fingerprint density at radius 3 is 2.56 bits per heavy atom. The summed E-state index contributed by atoms with van der Waals surface area (Å²) >= 11 is 0. The number of methoxy groups -OCH3 is 1. The maximum atomic E-state index is 12.3. The van der Waals surface area contributed by atoms with Crippen LogP contribution in [0.5, 0.6) is 5.75 Å². The number of H-pyrrole nitrogens is 1. The Hall–Kier alpha value is -2.59. The Bertz CT molecular complexity index is 927. The van der Waals surface area contributed by atoms with Crippen molar-refractivity contribution in [1.29, 1.82) is 0 Å². The van der Waals surface area contributed by atoms with Gasteiger partial charge in [0.2, 0.25) is 0 Å². The van der Waals surface area contributed by atoms with E-state index in [0.29, 0.717) is 6.54 Å². The maximum absolute atomic E-state index is 12.3. The molecule has 0 saturated carbocycles. The standard InChI is InChI=1S/C21H24N2O2/c1-14-4-7-17-12-18(21(24)23-20(17)15(14)2)13-22-11-10-16-5-8-19(25-3)9-6-16/h4-9,12,22H,10-11,13H2,1-3H3,(H,23,24). The molecule has 0 saturated heterocycles. The minimum atomic E-state index is -0.0156. The number of fused-ring (bicyclic) bond motifs is 1. The third-order valence-electron chi connectivity index (χ3n) is 4.69. The number of aromatic nitrogens is 1. The van der Waals surface area contributed by atoms with Crippen LogP contribution in [0.3, 0.4) is 0 Å². The van der Waals surface area contributed by atoms with Gasteiger partial charge in [0.25, 0.3) is 5.56 Å². The first-order valence-electron chi connectivity index (χ1n) is 8.54. The zero-order valence-electron chi connectivity index (χ0n) is 15.0. The summed E-state index contributed by atoms with van der Waals surface area (Å²) in [6, 6.07) is 14.2. The Kier molecular flexibility index (Phi) is 5.19. The fourth-order valence-electron chi connectivity index (χ4n) is 2.95. The van der Waals surface area contributed by atoms with Gasteiger partial charge in [-0.15, -0.1) is 0 Å². The lowest BCUT2D eigenvalue weighted by Crippen LogP contribution is -2.23. The van der Waals surface area contributed by atoms with Crippen molar-refractivity contribution in [3.63, 3.8) is 0 Å². The molecule has 0 atom stereocenters. The first-order chi connectivity index (χ1) is 12.1. The maximum Gasteiger partial charge on any atom is 0.252 e. The second kappa shape index (κ2) is 7.53. The number of pyridine rings is 1. The molecule has 25 heavy (non-hydrogen) atoms. The van der Waals surface area contributed by atoms with Crippen LogP contribution in [0.4, 0.5) is 0 Å². The summed E-state index contributed by atoms with van der Waals surface area (Å²) in [7, 11) is 1.67. The molecule has 0 spiro atoms. The van der Waals surface area contributed by atoms with Crippen LogP contribution < -0.4 is 15.6 Å². The molecule has 4 nitrogen and oxygen atoms in total. The average molecular weight is 336 g/mol. The SMILES string of the molecule is COc1ccc(CCNCc2cc3ccc(C)c(C)c3[nH]c2=O)cc1. The van der Waals surface area contributed by atoms with Crippen LogP contribution in [0.15, 0.2) is 47.3 Å². The molecule has 0 aliphatic heterocycles. The number of aromatic amines is 1. The van der Waals surface area contributed by atoms with E-state index in [1.54, 1.807) is 7.11 Å². The molecule has 1 aromatic heterocycles. The molecule has 1 heterocycles. The van der Waals surface area contributed by atoms with E-state index in [1.807, 2.05) is 25.1 Å². The fourth-order valence-corrected chi connectivity index (χ4v) is 2.95. The van der Waals surface area contributed by atoms with Gasteiger partial charge in [0.1, 0.15) is 5.75 Å². The Balaban J connectivity index is 1.64. The summed E-state index contributed by atoms with van der Waals surface area (Å²) in [6.45, 7) is 5.48. The van der Waals surface area contributed by atoms with E-state index in [4.69, 9.17) is 4.74 Å². The van der Waals surface area contributed by atoms with Crippen LogP contribution in [0.2, 0.25) is 0 Å². The monoisotopic (exact) mass is 336 g/mol. The first kappa shape index (κ1) is 17.2. The highest BCUT2D eigenvalue weighted by Crippen LogP contribution is 2.18. The minimum absolute atomic E-state index is 0.0156. The summed E-state index contributed by atoms with van der Waals surface area (Å²) < 4.78 is 5.16. The molecular formula is C21H24N2O2. The zero-order valence-corrected chi connectivity index (χ0v) is 15.0. The minimum Gasteiger partial charge on any atom is -0.497 e. The Morgan fingerprint density at radius 2 is 1.84 bits per heavy atom. The van der Waals surface area contributed by atoms with Crippen LogP contribution in [0.25, 0.3) is 10.9 Å². The summed E-state index contributed by atoms with van der Waals surface area (Å²) in [6.07, 6.45) is 0.910.